The highest BCUT2D eigenvalue weighted by atomic mass is 16.7. The van der Waals surface area contributed by atoms with Crippen molar-refractivity contribution in [2.45, 2.75) is 38.2 Å². The molecule has 1 saturated carbocycles. The van der Waals surface area contributed by atoms with Crippen molar-refractivity contribution in [1.29, 1.82) is 0 Å². The number of hydrogen-bond donors (Lipinski definition) is 0. The Morgan fingerprint density at radius 3 is 2.79 bits per heavy atom. The highest BCUT2D eigenvalue weighted by molar-refractivity contribution is 5.79. The van der Waals surface area contributed by atoms with E-state index in [-0.39, 0.29) is 18.6 Å². The fourth-order valence-corrected chi connectivity index (χ4v) is 2.33. The molecular weight excluding hydrogens is 182 g/mol. The summed E-state index contributed by atoms with van der Waals surface area (Å²) in [5.41, 5.74) is 0. The minimum atomic E-state index is -0.0472. The topological polar surface area (TPSA) is 46.6 Å². The van der Waals surface area contributed by atoms with Gasteiger partial charge in [-0.15, -0.1) is 0 Å². The Bertz CT molecular complexity index is 236. The molecule has 1 unspecified atom stereocenters. The summed E-state index contributed by atoms with van der Waals surface area (Å²) in [6.07, 6.45) is 6.00. The van der Waals surface area contributed by atoms with Crippen molar-refractivity contribution >= 4 is 12.2 Å². The van der Waals surface area contributed by atoms with Gasteiger partial charge in [-0.25, -0.2) is 5.06 Å². The fourth-order valence-electron chi connectivity index (χ4n) is 2.33. The van der Waals surface area contributed by atoms with Gasteiger partial charge in [0.05, 0.1) is 12.5 Å². The first-order chi connectivity index (χ1) is 6.81. The number of carbonyl (C=O) groups is 2. The van der Waals surface area contributed by atoms with Crippen LogP contribution in [0.1, 0.15) is 32.1 Å². The molecule has 4 heteroatoms. The molecule has 0 aromatic heterocycles. The Morgan fingerprint density at radius 2 is 2.14 bits per heavy atom. The number of carbonyl (C=O) groups excluding carboxylic acids is 2. The molecule has 1 heterocycles. The van der Waals surface area contributed by atoms with Gasteiger partial charge in [0, 0.05) is 0 Å². The van der Waals surface area contributed by atoms with Gasteiger partial charge in [0.1, 0.15) is 12.8 Å². The smallest absolute Gasteiger partial charge is 0.249 e. The highest BCUT2D eigenvalue weighted by Gasteiger charge is 2.37. The van der Waals surface area contributed by atoms with E-state index in [2.05, 4.69) is 0 Å². The molecule has 14 heavy (non-hydrogen) atoms. The molecule has 0 spiro atoms. The molecular formula is C10H15NO3. The van der Waals surface area contributed by atoms with E-state index in [0.717, 1.165) is 12.8 Å². The molecule has 1 saturated heterocycles. The molecule has 4 nitrogen and oxygen atoms in total. The molecule has 2 aliphatic rings. The molecule has 78 valence electrons. The lowest BCUT2D eigenvalue weighted by Crippen LogP contribution is -2.26. The monoisotopic (exact) mass is 197 g/mol. The van der Waals surface area contributed by atoms with Crippen molar-refractivity contribution < 1.29 is 14.4 Å². The van der Waals surface area contributed by atoms with E-state index < -0.39 is 0 Å². The second-order valence-corrected chi connectivity index (χ2v) is 4.01. The van der Waals surface area contributed by atoms with Crippen LogP contribution >= 0.6 is 0 Å². The van der Waals surface area contributed by atoms with E-state index in [1.807, 2.05) is 0 Å². The predicted octanol–water partition coefficient (Wildman–Crippen LogP) is 0.908. The van der Waals surface area contributed by atoms with E-state index in [4.69, 9.17) is 4.84 Å². The van der Waals surface area contributed by atoms with Crippen LogP contribution in [-0.2, 0) is 14.4 Å². The predicted molar refractivity (Wildman–Crippen MR) is 49.2 cm³/mol. The Balaban J connectivity index is 1.91. The van der Waals surface area contributed by atoms with Crippen molar-refractivity contribution in [2.75, 3.05) is 6.54 Å². The van der Waals surface area contributed by atoms with Crippen LogP contribution in [0.15, 0.2) is 0 Å². The zero-order valence-electron chi connectivity index (χ0n) is 8.15. The summed E-state index contributed by atoms with van der Waals surface area (Å²) in [6.45, 7) is 0.0715. The largest absolute Gasteiger partial charge is 0.301 e. The van der Waals surface area contributed by atoms with Gasteiger partial charge in [0.2, 0.25) is 5.91 Å². The molecule has 0 aromatic carbocycles. The van der Waals surface area contributed by atoms with E-state index in [1.54, 1.807) is 0 Å². The third kappa shape index (κ3) is 1.80. The van der Waals surface area contributed by atoms with E-state index in [9.17, 15) is 9.59 Å². The maximum atomic E-state index is 11.4. The maximum Gasteiger partial charge on any atom is 0.249 e. The molecule has 0 aromatic rings. The van der Waals surface area contributed by atoms with Crippen LogP contribution in [0.25, 0.3) is 0 Å². The zero-order chi connectivity index (χ0) is 9.97. The summed E-state index contributed by atoms with van der Waals surface area (Å²) in [6, 6.07) is 0. The molecule has 2 rings (SSSR count). The van der Waals surface area contributed by atoms with E-state index >= 15 is 0 Å². The molecule has 0 radical (unpaired) electrons. The van der Waals surface area contributed by atoms with Crippen molar-refractivity contribution in [3.63, 3.8) is 0 Å². The Kier molecular flexibility index (Phi) is 2.82. The van der Waals surface area contributed by atoms with Crippen LogP contribution < -0.4 is 0 Å². The molecule has 0 N–H and O–H groups in total. The van der Waals surface area contributed by atoms with E-state index in [0.29, 0.717) is 18.6 Å². The molecule has 1 aliphatic carbocycles. The third-order valence-electron chi connectivity index (χ3n) is 3.08. The zero-order valence-corrected chi connectivity index (χ0v) is 8.15. The number of hydrogen-bond acceptors (Lipinski definition) is 3. The number of aldehydes is 1. The summed E-state index contributed by atoms with van der Waals surface area (Å²) >= 11 is 0. The lowest BCUT2D eigenvalue weighted by molar-refractivity contribution is -0.178. The van der Waals surface area contributed by atoms with Gasteiger partial charge in [-0.3, -0.25) is 9.63 Å². The van der Waals surface area contributed by atoms with Crippen molar-refractivity contribution in [1.82, 2.24) is 5.06 Å². The number of amides is 1. The maximum absolute atomic E-state index is 11.4. The van der Waals surface area contributed by atoms with Gasteiger partial charge in [-0.1, -0.05) is 12.8 Å². The van der Waals surface area contributed by atoms with Crippen LogP contribution in [0, 0.1) is 5.92 Å². The summed E-state index contributed by atoms with van der Waals surface area (Å²) in [5.74, 6) is 0.476. The summed E-state index contributed by atoms with van der Waals surface area (Å²) in [7, 11) is 0. The normalized spacial score (nSPS) is 28.7. The lowest BCUT2D eigenvalue weighted by atomic mass is 9.99. The summed E-state index contributed by atoms with van der Waals surface area (Å²) in [5, 5.41) is 1.20. The highest BCUT2D eigenvalue weighted by Crippen LogP contribution is 2.33. The van der Waals surface area contributed by atoms with Crippen LogP contribution in [0.2, 0.25) is 0 Å². The SMILES string of the molecule is O=CCN1OC(C2CCCC2)CC1=O. The van der Waals surface area contributed by atoms with Crippen LogP contribution in [-0.4, -0.2) is 29.9 Å². The van der Waals surface area contributed by atoms with Crippen molar-refractivity contribution in [2.24, 2.45) is 5.92 Å². The van der Waals surface area contributed by atoms with Gasteiger partial charge in [0.25, 0.3) is 0 Å². The Morgan fingerprint density at radius 1 is 1.43 bits per heavy atom. The molecule has 2 fully saturated rings. The second kappa shape index (κ2) is 4.09. The first kappa shape index (κ1) is 9.65. The average molecular weight is 197 g/mol. The summed E-state index contributed by atoms with van der Waals surface area (Å²) < 4.78 is 0. The van der Waals surface area contributed by atoms with E-state index in [1.165, 1.54) is 17.9 Å². The summed E-state index contributed by atoms with van der Waals surface area (Å²) in [4.78, 5) is 27.1. The van der Waals surface area contributed by atoms with Crippen LogP contribution in [0.5, 0.6) is 0 Å². The van der Waals surface area contributed by atoms with Gasteiger partial charge in [-0.2, -0.15) is 0 Å². The Hall–Kier alpha value is -0.900. The first-order valence-electron chi connectivity index (χ1n) is 5.22. The molecule has 1 amide bonds. The molecule has 0 bridgehead atoms. The van der Waals surface area contributed by atoms with Gasteiger partial charge in [-0.05, 0) is 18.8 Å². The van der Waals surface area contributed by atoms with Gasteiger partial charge >= 0.3 is 0 Å². The minimum absolute atomic E-state index is 0.0324. The van der Waals surface area contributed by atoms with Crippen molar-refractivity contribution in [3.05, 3.63) is 0 Å². The lowest BCUT2D eigenvalue weighted by Gasteiger charge is -2.17. The van der Waals surface area contributed by atoms with Crippen molar-refractivity contribution in [3.8, 4) is 0 Å². The standard InChI is InChI=1S/C10H15NO3/c12-6-5-11-10(13)7-9(14-11)8-3-1-2-4-8/h6,8-9H,1-5,7H2. The van der Waals surface area contributed by atoms with Gasteiger partial charge in [0.15, 0.2) is 0 Å². The first-order valence-corrected chi connectivity index (χ1v) is 5.22. The molecule has 1 atom stereocenters. The van der Waals surface area contributed by atoms with Crippen LogP contribution in [0.4, 0.5) is 0 Å². The average Bonchev–Trinajstić information content (AvgIpc) is 2.76. The third-order valence-corrected chi connectivity index (χ3v) is 3.08. The number of hydroxylamine groups is 2. The quantitative estimate of drug-likeness (QED) is 0.632. The van der Waals surface area contributed by atoms with Crippen LogP contribution in [0.3, 0.4) is 0 Å². The number of rotatable bonds is 3. The Labute approximate surface area is 83.2 Å². The number of nitrogens with zero attached hydrogens (tertiary/aromatic N) is 1. The van der Waals surface area contributed by atoms with Gasteiger partial charge < -0.3 is 4.79 Å². The fraction of sp³-hybridized carbons (Fsp3) is 0.800. The molecule has 1 aliphatic heterocycles. The minimum Gasteiger partial charge on any atom is -0.301 e. The second-order valence-electron chi connectivity index (χ2n) is 4.01.